The molecule has 0 spiro atoms. The molecule has 3 nitrogen and oxygen atoms in total. The molecule has 0 unspecified atom stereocenters. The zero-order valence-electron chi connectivity index (χ0n) is 6.79. The van der Waals surface area contributed by atoms with Crippen LogP contribution < -0.4 is 0 Å². The fourth-order valence-corrected chi connectivity index (χ4v) is 1.31. The van der Waals surface area contributed by atoms with Gasteiger partial charge in [-0.2, -0.15) is 0 Å². The average molecular weight is 171 g/mol. The lowest BCUT2D eigenvalue weighted by molar-refractivity contribution is 0.727. The Morgan fingerprint density at radius 1 is 1.55 bits per heavy atom. The van der Waals surface area contributed by atoms with Crippen molar-refractivity contribution in [1.29, 1.82) is 0 Å². The smallest absolute Gasteiger partial charge is 0.158 e. The van der Waals surface area contributed by atoms with Crippen LogP contribution in [0, 0.1) is 0 Å². The van der Waals surface area contributed by atoms with Crippen LogP contribution in [0.2, 0.25) is 0 Å². The predicted octanol–water partition coefficient (Wildman–Crippen LogP) is 2.69. The van der Waals surface area contributed by atoms with Crippen molar-refractivity contribution < 1.29 is 0 Å². The van der Waals surface area contributed by atoms with E-state index in [0.29, 0.717) is 0 Å². The lowest BCUT2D eigenvalue weighted by atomic mass is 10.2. The van der Waals surface area contributed by atoms with Crippen LogP contribution in [0.3, 0.4) is 0 Å². The Morgan fingerprint density at radius 2 is 2.45 bits per heavy atom. The summed E-state index contributed by atoms with van der Waals surface area (Å²) in [6.45, 7) is 3.11. The highest BCUT2D eigenvalue weighted by molar-refractivity contribution is 7.98. The molecular formula is C7H13N3S. The highest BCUT2D eigenvalue weighted by Gasteiger charge is 2.02. The fourth-order valence-electron chi connectivity index (χ4n) is 0.839. The molecule has 0 aromatic carbocycles. The van der Waals surface area contributed by atoms with Crippen molar-refractivity contribution in [3.8, 4) is 0 Å². The van der Waals surface area contributed by atoms with Crippen LogP contribution in [0.1, 0.15) is 26.2 Å². The Morgan fingerprint density at radius 3 is 3.09 bits per heavy atom. The van der Waals surface area contributed by atoms with Crippen molar-refractivity contribution in [1.82, 2.24) is 0 Å². The lowest BCUT2D eigenvalue weighted by Gasteiger charge is -1.92. The van der Waals surface area contributed by atoms with Gasteiger partial charge in [-0.05, 0) is 6.42 Å². The molecular weight excluding hydrogens is 158 g/mol. The normalized spacial score (nSPS) is 19.9. The van der Waals surface area contributed by atoms with Gasteiger partial charge in [-0.1, -0.05) is 19.8 Å². The molecule has 1 rings (SSSR count). The summed E-state index contributed by atoms with van der Waals surface area (Å²) in [7, 11) is 0. The van der Waals surface area contributed by atoms with E-state index in [2.05, 4.69) is 21.5 Å². The molecule has 0 bridgehead atoms. The van der Waals surface area contributed by atoms with Crippen molar-refractivity contribution in [3.05, 3.63) is 0 Å². The van der Waals surface area contributed by atoms with E-state index < -0.39 is 0 Å². The SMILES string of the molecule is CCCCCN=C1CSN=N1. The van der Waals surface area contributed by atoms with Gasteiger partial charge in [-0.15, -0.1) is 9.63 Å². The van der Waals surface area contributed by atoms with Crippen LogP contribution in [0.15, 0.2) is 14.6 Å². The van der Waals surface area contributed by atoms with E-state index in [-0.39, 0.29) is 0 Å². The van der Waals surface area contributed by atoms with Crippen molar-refractivity contribution in [2.24, 2.45) is 14.6 Å². The summed E-state index contributed by atoms with van der Waals surface area (Å²) in [6.07, 6.45) is 3.70. The van der Waals surface area contributed by atoms with Crippen LogP contribution in [-0.2, 0) is 0 Å². The Bertz CT molecular complexity index is 165. The summed E-state index contributed by atoms with van der Waals surface area (Å²) in [4.78, 5) is 4.30. The van der Waals surface area contributed by atoms with E-state index in [1.54, 1.807) is 0 Å². The number of nitrogens with zero attached hydrogens (tertiary/aromatic N) is 3. The minimum absolute atomic E-state index is 0.867. The first kappa shape index (κ1) is 8.71. The zero-order chi connectivity index (χ0) is 7.94. The largest absolute Gasteiger partial charge is 0.268 e. The Balaban J connectivity index is 2.09. The number of rotatable bonds is 4. The van der Waals surface area contributed by atoms with Crippen molar-refractivity contribution in [2.45, 2.75) is 26.2 Å². The topological polar surface area (TPSA) is 37.1 Å². The summed E-state index contributed by atoms with van der Waals surface area (Å²) in [5.41, 5.74) is 0. The van der Waals surface area contributed by atoms with Gasteiger partial charge in [0.05, 0.1) is 5.75 Å². The molecule has 0 atom stereocenters. The molecule has 11 heavy (non-hydrogen) atoms. The van der Waals surface area contributed by atoms with Crippen molar-refractivity contribution in [3.63, 3.8) is 0 Å². The lowest BCUT2D eigenvalue weighted by Crippen LogP contribution is -1.93. The van der Waals surface area contributed by atoms with Gasteiger partial charge < -0.3 is 0 Å². The molecule has 0 radical (unpaired) electrons. The maximum absolute atomic E-state index is 4.30. The number of aliphatic imine (C=N–C) groups is 1. The third-order valence-electron chi connectivity index (χ3n) is 1.46. The van der Waals surface area contributed by atoms with E-state index in [4.69, 9.17) is 0 Å². The minimum Gasteiger partial charge on any atom is -0.268 e. The molecule has 1 heterocycles. The molecule has 0 fully saturated rings. The van der Waals surface area contributed by atoms with Gasteiger partial charge >= 0.3 is 0 Å². The standard InChI is InChI=1S/C7H13N3S/c1-2-3-4-5-8-7-6-11-10-9-7/h2-6H2,1H3. The monoisotopic (exact) mass is 171 g/mol. The van der Waals surface area contributed by atoms with Crippen LogP contribution in [0.25, 0.3) is 0 Å². The molecule has 0 saturated carbocycles. The van der Waals surface area contributed by atoms with E-state index in [1.165, 1.54) is 31.2 Å². The summed E-state index contributed by atoms with van der Waals surface area (Å²) < 4.78 is 3.77. The Kier molecular flexibility index (Phi) is 4.19. The highest BCUT2D eigenvalue weighted by Crippen LogP contribution is 2.12. The van der Waals surface area contributed by atoms with Crippen molar-refractivity contribution >= 4 is 17.8 Å². The molecule has 0 aliphatic carbocycles. The molecule has 1 aliphatic heterocycles. The molecule has 4 heteroatoms. The first-order valence-corrected chi connectivity index (χ1v) is 4.94. The summed E-state index contributed by atoms with van der Waals surface area (Å²) in [6, 6.07) is 0. The minimum atomic E-state index is 0.867. The summed E-state index contributed by atoms with van der Waals surface area (Å²) in [5.74, 6) is 1.78. The molecule has 0 N–H and O–H groups in total. The van der Waals surface area contributed by atoms with Crippen molar-refractivity contribution in [2.75, 3.05) is 12.3 Å². The number of unbranched alkanes of at least 4 members (excludes halogenated alkanes) is 2. The first-order chi connectivity index (χ1) is 5.43. The average Bonchev–Trinajstić information content (AvgIpc) is 2.50. The highest BCUT2D eigenvalue weighted by atomic mass is 32.2. The molecule has 0 aromatic heterocycles. The van der Waals surface area contributed by atoms with Crippen LogP contribution in [0.5, 0.6) is 0 Å². The maximum atomic E-state index is 4.30. The zero-order valence-corrected chi connectivity index (χ0v) is 7.60. The Labute approximate surface area is 71.5 Å². The predicted molar refractivity (Wildman–Crippen MR) is 49.1 cm³/mol. The second kappa shape index (κ2) is 5.29. The molecule has 62 valence electrons. The molecule has 0 saturated heterocycles. The summed E-state index contributed by atoms with van der Waals surface area (Å²) in [5, 5.41) is 3.87. The summed E-state index contributed by atoms with van der Waals surface area (Å²) >= 11 is 1.47. The van der Waals surface area contributed by atoms with E-state index in [1.807, 2.05) is 0 Å². The third-order valence-corrected chi connectivity index (χ3v) is 2.05. The number of hydrogen-bond donors (Lipinski definition) is 0. The maximum Gasteiger partial charge on any atom is 0.158 e. The van der Waals surface area contributed by atoms with Crippen LogP contribution in [-0.4, -0.2) is 18.1 Å². The number of hydrogen-bond acceptors (Lipinski definition) is 3. The fraction of sp³-hybridized carbons (Fsp3) is 0.857. The van der Waals surface area contributed by atoms with E-state index in [0.717, 1.165) is 18.1 Å². The molecule has 0 amide bonds. The van der Waals surface area contributed by atoms with Crippen LogP contribution >= 0.6 is 11.9 Å². The molecule has 0 aromatic rings. The van der Waals surface area contributed by atoms with E-state index >= 15 is 0 Å². The quantitative estimate of drug-likeness (QED) is 0.473. The van der Waals surface area contributed by atoms with Gasteiger partial charge in [0.15, 0.2) is 5.84 Å². The van der Waals surface area contributed by atoms with Crippen LogP contribution in [0.4, 0.5) is 0 Å². The Hall–Kier alpha value is -0.380. The van der Waals surface area contributed by atoms with Gasteiger partial charge in [0.25, 0.3) is 0 Å². The number of amidine groups is 1. The van der Waals surface area contributed by atoms with Gasteiger partial charge in [-0.3, -0.25) is 4.99 Å². The second-order valence-corrected chi connectivity index (χ2v) is 3.17. The van der Waals surface area contributed by atoms with Gasteiger partial charge in [-0.25, -0.2) is 0 Å². The second-order valence-electron chi connectivity index (χ2n) is 2.46. The van der Waals surface area contributed by atoms with Gasteiger partial charge in [0.1, 0.15) is 0 Å². The van der Waals surface area contributed by atoms with Gasteiger partial charge in [0, 0.05) is 18.5 Å². The molecule has 1 aliphatic rings. The van der Waals surface area contributed by atoms with E-state index in [9.17, 15) is 0 Å². The van der Waals surface area contributed by atoms with Gasteiger partial charge in [0.2, 0.25) is 0 Å². The third kappa shape index (κ3) is 3.51. The first-order valence-electron chi connectivity index (χ1n) is 4.00.